The molecule has 33 heavy (non-hydrogen) atoms. The molecule has 0 bridgehead atoms. The van der Waals surface area contributed by atoms with Crippen LogP contribution >= 0.6 is 0 Å². The molecule has 0 spiro atoms. The maximum absolute atomic E-state index is 13.6. The van der Waals surface area contributed by atoms with Crippen LogP contribution in [0.2, 0.25) is 0 Å². The number of carbonyl (C=O) groups is 2. The van der Waals surface area contributed by atoms with E-state index in [0.717, 1.165) is 31.2 Å². The van der Waals surface area contributed by atoms with Gasteiger partial charge in [-0.25, -0.2) is 0 Å². The number of amides is 2. The van der Waals surface area contributed by atoms with Crippen LogP contribution in [0.4, 0.5) is 0 Å². The molecule has 1 saturated carbocycles. The Balaban J connectivity index is 1.85. The molecule has 1 aliphatic rings. The summed E-state index contributed by atoms with van der Waals surface area (Å²) in [5.41, 5.74) is 6.72. The number of nitrogens with zero attached hydrogens (tertiary/aromatic N) is 1. The first kappa shape index (κ1) is 24.4. The number of hydrogen-bond donors (Lipinski definition) is 1. The first-order chi connectivity index (χ1) is 15.9. The zero-order valence-corrected chi connectivity index (χ0v) is 19.7. The van der Waals surface area contributed by atoms with Crippen molar-refractivity contribution in [3.05, 3.63) is 53.6 Å². The Hall–Kier alpha value is -3.22. The summed E-state index contributed by atoms with van der Waals surface area (Å²) < 4.78 is 16.7. The van der Waals surface area contributed by atoms with Gasteiger partial charge in [-0.2, -0.15) is 0 Å². The molecule has 2 N–H and O–H groups in total. The Morgan fingerprint density at radius 1 is 1.06 bits per heavy atom. The highest BCUT2D eigenvalue weighted by Gasteiger charge is 2.27. The van der Waals surface area contributed by atoms with Crippen molar-refractivity contribution in [3.63, 3.8) is 0 Å². The fourth-order valence-electron chi connectivity index (χ4n) is 4.18. The molecule has 0 unspecified atom stereocenters. The molecule has 178 valence electrons. The molecule has 2 aromatic carbocycles. The van der Waals surface area contributed by atoms with Crippen molar-refractivity contribution in [2.45, 2.75) is 64.6 Å². The van der Waals surface area contributed by atoms with Crippen molar-refractivity contribution in [1.82, 2.24) is 4.90 Å². The van der Waals surface area contributed by atoms with Gasteiger partial charge in [0.05, 0.1) is 13.2 Å². The minimum atomic E-state index is -0.557. The number of primary amides is 1. The smallest absolute Gasteiger partial charge is 0.255 e. The van der Waals surface area contributed by atoms with Crippen LogP contribution < -0.4 is 19.9 Å². The molecular formula is C26H34N2O5. The van der Waals surface area contributed by atoms with Crippen LogP contribution in [-0.2, 0) is 11.3 Å². The molecule has 1 fully saturated rings. The van der Waals surface area contributed by atoms with E-state index in [-0.39, 0.29) is 24.7 Å². The second-order valence-corrected chi connectivity index (χ2v) is 8.66. The van der Waals surface area contributed by atoms with Gasteiger partial charge < -0.3 is 24.8 Å². The van der Waals surface area contributed by atoms with Crippen LogP contribution in [0.3, 0.4) is 0 Å². The van der Waals surface area contributed by atoms with Crippen LogP contribution in [-0.4, -0.2) is 42.6 Å². The van der Waals surface area contributed by atoms with Crippen molar-refractivity contribution in [1.29, 1.82) is 0 Å². The van der Waals surface area contributed by atoms with E-state index in [9.17, 15) is 9.59 Å². The quantitative estimate of drug-likeness (QED) is 0.577. The molecule has 2 amide bonds. The first-order valence-corrected chi connectivity index (χ1v) is 11.5. The Bertz CT molecular complexity index is 953. The van der Waals surface area contributed by atoms with Gasteiger partial charge in [0.25, 0.3) is 11.8 Å². The number of benzene rings is 2. The Morgan fingerprint density at radius 3 is 2.48 bits per heavy atom. The Labute approximate surface area is 195 Å². The minimum Gasteiger partial charge on any atom is -0.493 e. The molecule has 1 aliphatic carbocycles. The SMILES string of the molecule is COc1cc(CN(C(=O)c2cccc(OC(C)C)c2)C2CCCCC2)ccc1OCC(N)=O. The van der Waals surface area contributed by atoms with E-state index in [2.05, 4.69) is 0 Å². The van der Waals surface area contributed by atoms with E-state index in [0.29, 0.717) is 29.4 Å². The number of nitrogens with two attached hydrogens (primary N) is 1. The highest BCUT2D eigenvalue weighted by Crippen LogP contribution is 2.31. The van der Waals surface area contributed by atoms with Gasteiger partial charge in [0.1, 0.15) is 5.75 Å². The topological polar surface area (TPSA) is 91.1 Å². The molecule has 0 radical (unpaired) electrons. The normalized spacial score (nSPS) is 14.1. The van der Waals surface area contributed by atoms with Crippen LogP contribution in [0.5, 0.6) is 17.2 Å². The predicted molar refractivity (Wildman–Crippen MR) is 127 cm³/mol. The number of carbonyl (C=O) groups excluding carboxylic acids is 2. The number of methoxy groups -OCH3 is 1. The highest BCUT2D eigenvalue weighted by atomic mass is 16.5. The van der Waals surface area contributed by atoms with Crippen molar-refractivity contribution >= 4 is 11.8 Å². The highest BCUT2D eigenvalue weighted by molar-refractivity contribution is 5.94. The fourth-order valence-corrected chi connectivity index (χ4v) is 4.18. The largest absolute Gasteiger partial charge is 0.493 e. The van der Waals surface area contributed by atoms with Crippen LogP contribution in [0, 0.1) is 0 Å². The summed E-state index contributed by atoms with van der Waals surface area (Å²) in [6.45, 7) is 4.16. The van der Waals surface area contributed by atoms with Gasteiger partial charge in [0.15, 0.2) is 18.1 Å². The molecule has 0 aliphatic heterocycles. The number of hydrogen-bond acceptors (Lipinski definition) is 5. The van der Waals surface area contributed by atoms with E-state index in [1.165, 1.54) is 6.42 Å². The molecule has 2 aromatic rings. The van der Waals surface area contributed by atoms with Gasteiger partial charge >= 0.3 is 0 Å². The maximum Gasteiger partial charge on any atom is 0.255 e. The molecule has 0 aromatic heterocycles. The van der Waals surface area contributed by atoms with E-state index >= 15 is 0 Å². The lowest BCUT2D eigenvalue weighted by atomic mass is 9.93. The molecule has 0 heterocycles. The third-order valence-corrected chi connectivity index (χ3v) is 5.68. The second-order valence-electron chi connectivity index (χ2n) is 8.66. The van der Waals surface area contributed by atoms with E-state index < -0.39 is 5.91 Å². The van der Waals surface area contributed by atoms with Gasteiger partial charge in [0.2, 0.25) is 0 Å². The van der Waals surface area contributed by atoms with Crippen LogP contribution in [0.15, 0.2) is 42.5 Å². The Morgan fingerprint density at radius 2 is 1.82 bits per heavy atom. The van der Waals surface area contributed by atoms with Gasteiger partial charge in [-0.1, -0.05) is 31.4 Å². The van der Waals surface area contributed by atoms with Crippen molar-refractivity contribution in [2.24, 2.45) is 5.73 Å². The predicted octanol–water partition coefficient (Wildman–Crippen LogP) is 4.32. The third kappa shape index (κ3) is 6.88. The standard InChI is InChI=1S/C26H34N2O5/c1-18(2)33-22-11-7-8-20(15-22)26(30)28(21-9-5-4-6-10-21)16-19-12-13-23(24(14-19)31-3)32-17-25(27)29/h7-8,11-15,18,21H,4-6,9-10,16-17H2,1-3H3,(H2,27,29). The van der Waals surface area contributed by atoms with E-state index in [1.807, 2.05) is 55.1 Å². The molecule has 7 heteroatoms. The van der Waals surface area contributed by atoms with Gasteiger partial charge in [-0.05, 0) is 62.6 Å². The zero-order valence-electron chi connectivity index (χ0n) is 19.7. The lowest BCUT2D eigenvalue weighted by Gasteiger charge is -2.35. The summed E-state index contributed by atoms with van der Waals surface area (Å²) in [5, 5.41) is 0. The van der Waals surface area contributed by atoms with Crippen molar-refractivity contribution in [3.8, 4) is 17.2 Å². The number of ether oxygens (including phenoxy) is 3. The van der Waals surface area contributed by atoms with Crippen molar-refractivity contribution in [2.75, 3.05) is 13.7 Å². The van der Waals surface area contributed by atoms with Gasteiger partial charge in [-0.15, -0.1) is 0 Å². The van der Waals surface area contributed by atoms with Crippen molar-refractivity contribution < 1.29 is 23.8 Å². The molecule has 3 rings (SSSR count). The minimum absolute atomic E-state index is 0.0101. The summed E-state index contributed by atoms with van der Waals surface area (Å²) in [6, 6.07) is 13.1. The monoisotopic (exact) mass is 454 g/mol. The summed E-state index contributed by atoms with van der Waals surface area (Å²) >= 11 is 0. The fraction of sp³-hybridized carbons (Fsp3) is 0.462. The molecule has 0 saturated heterocycles. The summed E-state index contributed by atoms with van der Waals surface area (Å²) in [4.78, 5) is 26.7. The lowest BCUT2D eigenvalue weighted by Crippen LogP contribution is -2.41. The number of rotatable bonds is 10. The van der Waals surface area contributed by atoms with Gasteiger partial charge in [-0.3, -0.25) is 9.59 Å². The molecular weight excluding hydrogens is 420 g/mol. The van der Waals surface area contributed by atoms with Crippen LogP contribution in [0.25, 0.3) is 0 Å². The van der Waals surface area contributed by atoms with E-state index in [4.69, 9.17) is 19.9 Å². The van der Waals surface area contributed by atoms with Gasteiger partial charge in [0, 0.05) is 18.2 Å². The molecule has 0 atom stereocenters. The Kier molecular flexibility index (Phi) is 8.58. The second kappa shape index (κ2) is 11.6. The van der Waals surface area contributed by atoms with E-state index in [1.54, 1.807) is 13.2 Å². The maximum atomic E-state index is 13.6. The first-order valence-electron chi connectivity index (χ1n) is 11.5. The molecule has 7 nitrogen and oxygen atoms in total. The zero-order chi connectivity index (χ0) is 23.8. The summed E-state index contributed by atoms with van der Waals surface area (Å²) in [7, 11) is 1.54. The summed E-state index contributed by atoms with van der Waals surface area (Å²) in [5.74, 6) is 1.06. The average molecular weight is 455 g/mol. The lowest BCUT2D eigenvalue weighted by molar-refractivity contribution is -0.119. The summed E-state index contributed by atoms with van der Waals surface area (Å²) in [6.07, 6.45) is 5.46. The average Bonchev–Trinajstić information content (AvgIpc) is 2.81. The third-order valence-electron chi connectivity index (χ3n) is 5.68. The van der Waals surface area contributed by atoms with Crippen LogP contribution in [0.1, 0.15) is 61.9 Å².